The summed E-state index contributed by atoms with van der Waals surface area (Å²) in [5.41, 5.74) is 0. The van der Waals surface area contributed by atoms with Crippen LogP contribution in [-0.4, -0.2) is 43.2 Å². The molecule has 4 nitrogen and oxygen atoms in total. The number of hydrogen-bond donors (Lipinski definition) is 1. The monoisotopic (exact) mass is 338 g/mol. The molecule has 2 rings (SSSR count). The number of morpholine rings is 1. The first-order valence-electron chi connectivity index (χ1n) is 6.04. The van der Waals surface area contributed by atoms with Crippen LogP contribution < -0.4 is 3.53 Å². The summed E-state index contributed by atoms with van der Waals surface area (Å²) in [4.78, 5) is 14.2. The summed E-state index contributed by atoms with van der Waals surface area (Å²) in [7, 11) is 0. The van der Waals surface area contributed by atoms with E-state index in [2.05, 4.69) is 26.4 Å². The highest BCUT2D eigenvalue weighted by Crippen LogP contribution is 2.26. The molecule has 5 heteroatoms. The number of nitrogens with one attached hydrogen (secondary N) is 1. The summed E-state index contributed by atoms with van der Waals surface area (Å²) < 4.78 is 8.53. The zero-order valence-corrected chi connectivity index (χ0v) is 11.6. The number of ether oxygens (including phenoxy) is 1. The van der Waals surface area contributed by atoms with Crippen molar-refractivity contribution in [2.45, 2.75) is 31.7 Å². The van der Waals surface area contributed by atoms with Crippen LogP contribution in [0.1, 0.15) is 25.7 Å². The van der Waals surface area contributed by atoms with Gasteiger partial charge >= 0.3 is 0 Å². The summed E-state index contributed by atoms with van der Waals surface area (Å²) in [6.45, 7) is 2.97. The van der Waals surface area contributed by atoms with Crippen LogP contribution in [0, 0.1) is 5.92 Å². The molecule has 1 aliphatic heterocycles. The van der Waals surface area contributed by atoms with E-state index in [0.717, 1.165) is 38.8 Å². The van der Waals surface area contributed by atoms with Crippen LogP contribution in [-0.2, 0) is 9.53 Å². The Morgan fingerprint density at radius 3 is 2.38 bits per heavy atom. The molecule has 0 bridgehead atoms. The second-order valence-electron chi connectivity index (χ2n) is 4.60. The highest BCUT2D eigenvalue weighted by Gasteiger charge is 2.29. The molecule has 0 radical (unpaired) electrons. The van der Waals surface area contributed by atoms with Gasteiger partial charge in [-0.2, -0.15) is 0 Å². The van der Waals surface area contributed by atoms with Crippen LogP contribution in [0.15, 0.2) is 0 Å². The van der Waals surface area contributed by atoms with Gasteiger partial charge in [-0.05, 0) is 25.7 Å². The first-order valence-corrected chi connectivity index (χ1v) is 7.12. The zero-order valence-electron chi connectivity index (χ0n) is 9.45. The van der Waals surface area contributed by atoms with Gasteiger partial charge in [0.15, 0.2) is 0 Å². The SMILES string of the molecule is O=C(C1CCC(NI)CC1)N1CCOCC1. The summed E-state index contributed by atoms with van der Waals surface area (Å²) >= 11 is 2.21. The molecule has 0 aromatic rings. The second-order valence-corrected chi connectivity index (χ2v) is 5.22. The van der Waals surface area contributed by atoms with Gasteiger partial charge in [-0.3, -0.25) is 8.32 Å². The van der Waals surface area contributed by atoms with E-state index in [1.54, 1.807) is 0 Å². The fourth-order valence-corrected chi connectivity index (χ4v) is 3.11. The van der Waals surface area contributed by atoms with Gasteiger partial charge in [0.25, 0.3) is 0 Å². The number of hydrogen-bond acceptors (Lipinski definition) is 3. The highest BCUT2D eigenvalue weighted by atomic mass is 127. The van der Waals surface area contributed by atoms with Gasteiger partial charge < -0.3 is 9.64 Å². The fourth-order valence-electron chi connectivity index (χ4n) is 2.49. The predicted molar refractivity (Wildman–Crippen MR) is 70.3 cm³/mol. The molecule has 2 aliphatic rings. The molecule has 92 valence electrons. The van der Waals surface area contributed by atoms with E-state index < -0.39 is 0 Å². The smallest absolute Gasteiger partial charge is 0.225 e. The van der Waals surface area contributed by atoms with E-state index in [9.17, 15) is 4.79 Å². The van der Waals surface area contributed by atoms with Gasteiger partial charge in [-0.1, -0.05) is 0 Å². The number of carbonyl (C=O) groups excluding carboxylic acids is 1. The van der Waals surface area contributed by atoms with Crippen molar-refractivity contribution in [3.63, 3.8) is 0 Å². The van der Waals surface area contributed by atoms with Crippen molar-refractivity contribution in [3.05, 3.63) is 0 Å². The van der Waals surface area contributed by atoms with Gasteiger partial charge in [-0.15, -0.1) is 0 Å². The van der Waals surface area contributed by atoms with E-state index in [1.807, 2.05) is 4.90 Å². The third-order valence-electron chi connectivity index (χ3n) is 3.55. The number of rotatable bonds is 2. The maximum atomic E-state index is 12.2. The lowest BCUT2D eigenvalue weighted by Crippen LogP contribution is -2.45. The van der Waals surface area contributed by atoms with E-state index in [1.165, 1.54) is 0 Å². The third-order valence-corrected chi connectivity index (χ3v) is 4.43. The lowest BCUT2D eigenvalue weighted by molar-refractivity contribution is -0.140. The molecule has 16 heavy (non-hydrogen) atoms. The van der Waals surface area contributed by atoms with Gasteiger partial charge in [0.1, 0.15) is 0 Å². The molecule has 1 N–H and O–H groups in total. The minimum Gasteiger partial charge on any atom is -0.378 e. The van der Waals surface area contributed by atoms with Crippen molar-refractivity contribution in [2.75, 3.05) is 26.3 Å². The summed E-state index contributed by atoms with van der Waals surface area (Å²) in [5, 5.41) is 0. The Morgan fingerprint density at radius 1 is 1.19 bits per heavy atom. The second kappa shape index (κ2) is 6.16. The molecule has 0 unspecified atom stereocenters. The molecule has 1 heterocycles. The molecular formula is C11H19IN2O2. The summed E-state index contributed by atoms with van der Waals surface area (Å²) in [6.07, 6.45) is 4.33. The van der Waals surface area contributed by atoms with Gasteiger partial charge in [0.2, 0.25) is 5.91 Å². The molecule has 0 aromatic heterocycles. The maximum Gasteiger partial charge on any atom is 0.225 e. The first-order chi connectivity index (χ1) is 7.81. The molecular weight excluding hydrogens is 319 g/mol. The van der Waals surface area contributed by atoms with Gasteiger partial charge in [0, 0.05) is 47.9 Å². The largest absolute Gasteiger partial charge is 0.378 e. The van der Waals surface area contributed by atoms with Crippen molar-refractivity contribution >= 4 is 28.8 Å². The molecule has 1 saturated heterocycles. The molecule has 1 aliphatic carbocycles. The van der Waals surface area contributed by atoms with Crippen LogP contribution in [0.5, 0.6) is 0 Å². The predicted octanol–water partition coefficient (Wildman–Crippen LogP) is 1.34. The lowest BCUT2D eigenvalue weighted by atomic mass is 9.85. The van der Waals surface area contributed by atoms with Crippen LogP contribution in [0.4, 0.5) is 0 Å². The van der Waals surface area contributed by atoms with E-state index >= 15 is 0 Å². The number of halogens is 1. The molecule has 1 saturated carbocycles. The highest BCUT2D eigenvalue weighted by molar-refractivity contribution is 14.1. The van der Waals surface area contributed by atoms with Crippen LogP contribution >= 0.6 is 22.9 Å². The molecule has 0 spiro atoms. The minimum absolute atomic E-state index is 0.263. The zero-order chi connectivity index (χ0) is 11.4. The fraction of sp³-hybridized carbons (Fsp3) is 0.909. The average Bonchev–Trinajstić information content (AvgIpc) is 2.39. The summed E-state index contributed by atoms with van der Waals surface area (Å²) in [6, 6.07) is 0.606. The van der Waals surface area contributed by atoms with Crippen molar-refractivity contribution in [1.29, 1.82) is 0 Å². The van der Waals surface area contributed by atoms with Crippen molar-refractivity contribution in [3.8, 4) is 0 Å². The third kappa shape index (κ3) is 3.07. The molecule has 1 amide bonds. The maximum absolute atomic E-state index is 12.2. The number of carbonyl (C=O) groups is 1. The molecule has 2 fully saturated rings. The van der Waals surface area contributed by atoms with Crippen molar-refractivity contribution in [2.24, 2.45) is 5.92 Å². The normalized spacial score (nSPS) is 31.4. The van der Waals surface area contributed by atoms with Gasteiger partial charge in [-0.25, -0.2) is 0 Å². The Morgan fingerprint density at radius 2 is 1.81 bits per heavy atom. The van der Waals surface area contributed by atoms with Crippen molar-refractivity contribution < 1.29 is 9.53 Å². The molecule has 0 atom stereocenters. The van der Waals surface area contributed by atoms with E-state index in [-0.39, 0.29) is 5.92 Å². The van der Waals surface area contributed by atoms with Crippen LogP contribution in [0.2, 0.25) is 0 Å². The first kappa shape index (κ1) is 12.6. The Balaban J connectivity index is 1.81. The molecule has 0 aromatic carbocycles. The Bertz CT molecular complexity index is 236. The summed E-state index contributed by atoms with van der Waals surface area (Å²) in [5.74, 6) is 0.620. The van der Waals surface area contributed by atoms with Crippen LogP contribution in [0.3, 0.4) is 0 Å². The minimum atomic E-state index is 0.263. The van der Waals surface area contributed by atoms with E-state index in [0.29, 0.717) is 25.2 Å². The Hall–Kier alpha value is 0.120. The lowest BCUT2D eigenvalue weighted by Gasteiger charge is -2.33. The topological polar surface area (TPSA) is 41.6 Å². The van der Waals surface area contributed by atoms with Crippen molar-refractivity contribution in [1.82, 2.24) is 8.43 Å². The Kier molecular flexibility index (Phi) is 4.84. The standard InChI is InChI=1S/C11H19IN2O2/c12-13-10-3-1-9(2-4-10)11(15)14-5-7-16-8-6-14/h9-10,13H,1-8H2. The number of nitrogens with zero attached hydrogens (tertiary/aromatic N) is 1. The van der Waals surface area contributed by atoms with Gasteiger partial charge in [0.05, 0.1) is 13.2 Å². The quantitative estimate of drug-likeness (QED) is 0.610. The van der Waals surface area contributed by atoms with E-state index in [4.69, 9.17) is 4.74 Å². The Labute approximate surface area is 111 Å². The number of amides is 1. The average molecular weight is 338 g/mol. The van der Waals surface area contributed by atoms with Crippen LogP contribution in [0.25, 0.3) is 0 Å².